The minimum Gasteiger partial charge on any atom is -0.443 e. The average molecular weight is 310 g/mol. The van der Waals surface area contributed by atoms with Crippen LogP contribution in [0, 0.1) is 5.41 Å². The number of carbonyl (C=O) groups is 1. The molecule has 0 spiro atoms. The van der Waals surface area contributed by atoms with Crippen LogP contribution in [0.1, 0.15) is 48.0 Å². The molecule has 7 nitrogen and oxygen atoms in total. The fourth-order valence-corrected chi connectivity index (χ4v) is 2.51. The van der Waals surface area contributed by atoms with Gasteiger partial charge in [0.2, 0.25) is 0 Å². The van der Waals surface area contributed by atoms with Crippen LogP contribution in [-0.2, 0) is 14.9 Å². The zero-order chi connectivity index (χ0) is 16.2. The lowest BCUT2D eigenvalue weighted by Crippen LogP contribution is -2.46. The second-order valence-electron chi connectivity index (χ2n) is 6.91. The van der Waals surface area contributed by atoms with Crippen molar-refractivity contribution in [1.29, 1.82) is 0 Å². The fraction of sp³-hybridized carbons (Fsp3) is 0.917. The second-order valence-corrected chi connectivity index (χ2v) is 8.61. The van der Waals surface area contributed by atoms with E-state index in [4.69, 9.17) is 4.74 Å². The average Bonchev–Trinajstić information content (AvgIpc) is 2.09. The van der Waals surface area contributed by atoms with Gasteiger partial charge in [0.25, 0.3) is 10.1 Å². The molecule has 0 heterocycles. The van der Waals surface area contributed by atoms with E-state index in [2.05, 4.69) is 10.9 Å². The molecule has 0 rings (SSSR count). The Morgan fingerprint density at radius 3 is 2.05 bits per heavy atom. The molecule has 0 radical (unpaired) electrons. The summed E-state index contributed by atoms with van der Waals surface area (Å²) in [5, 5.41) is -1.00. The highest BCUT2D eigenvalue weighted by Crippen LogP contribution is 2.23. The number of hydrogen-bond donors (Lipinski definition) is 3. The van der Waals surface area contributed by atoms with Crippen molar-refractivity contribution in [2.45, 2.75) is 58.8 Å². The Labute approximate surface area is 121 Å². The molecular formula is C12H26N2O5S. The summed E-state index contributed by atoms with van der Waals surface area (Å²) in [5.74, 6) is 0. The first-order chi connectivity index (χ1) is 8.71. The Morgan fingerprint density at radius 1 is 1.20 bits per heavy atom. The SMILES string of the molecule is CC(C)(C)CC(CNNC(=O)OC(C)(C)C)S(=O)(=O)O. The molecule has 0 bridgehead atoms. The van der Waals surface area contributed by atoms with Gasteiger partial charge in [-0.15, -0.1) is 0 Å². The molecule has 20 heavy (non-hydrogen) atoms. The van der Waals surface area contributed by atoms with Gasteiger partial charge >= 0.3 is 6.09 Å². The summed E-state index contributed by atoms with van der Waals surface area (Å²) >= 11 is 0. The van der Waals surface area contributed by atoms with E-state index in [1.165, 1.54) is 0 Å². The molecule has 0 fully saturated rings. The molecule has 0 saturated carbocycles. The number of hydrogen-bond acceptors (Lipinski definition) is 5. The molecule has 0 aromatic heterocycles. The second kappa shape index (κ2) is 6.73. The molecule has 1 unspecified atom stereocenters. The molecule has 0 aliphatic carbocycles. The lowest BCUT2D eigenvalue weighted by Gasteiger charge is -2.24. The number of carbonyl (C=O) groups excluding carboxylic acids is 1. The first-order valence-corrected chi connectivity index (χ1v) is 7.89. The van der Waals surface area contributed by atoms with Gasteiger partial charge < -0.3 is 4.74 Å². The third-order valence-electron chi connectivity index (χ3n) is 2.18. The van der Waals surface area contributed by atoms with Gasteiger partial charge in [0, 0.05) is 6.54 Å². The summed E-state index contributed by atoms with van der Waals surface area (Å²) in [6.07, 6.45) is -0.447. The molecular weight excluding hydrogens is 284 g/mol. The van der Waals surface area contributed by atoms with Crippen molar-refractivity contribution in [3.8, 4) is 0 Å². The van der Waals surface area contributed by atoms with E-state index in [1.54, 1.807) is 20.8 Å². The van der Waals surface area contributed by atoms with Crippen LogP contribution >= 0.6 is 0 Å². The molecule has 1 amide bonds. The minimum absolute atomic E-state index is 0.102. The molecule has 1 atom stereocenters. The van der Waals surface area contributed by atoms with Crippen molar-refractivity contribution in [1.82, 2.24) is 10.9 Å². The van der Waals surface area contributed by atoms with Gasteiger partial charge in [0.1, 0.15) is 10.9 Å². The van der Waals surface area contributed by atoms with Crippen LogP contribution in [-0.4, -0.2) is 36.5 Å². The van der Waals surface area contributed by atoms with E-state index in [9.17, 15) is 17.8 Å². The molecule has 0 saturated heterocycles. The predicted octanol–water partition coefficient (Wildman–Crippen LogP) is 1.71. The smallest absolute Gasteiger partial charge is 0.422 e. The molecule has 0 aromatic rings. The summed E-state index contributed by atoms with van der Waals surface area (Å²) in [5.41, 5.74) is 3.81. The molecule has 0 aromatic carbocycles. The van der Waals surface area contributed by atoms with Gasteiger partial charge in [-0.25, -0.2) is 10.2 Å². The van der Waals surface area contributed by atoms with Crippen LogP contribution < -0.4 is 10.9 Å². The molecule has 0 aliphatic rings. The maximum Gasteiger partial charge on any atom is 0.422 e. The Bertz CT molecular complexity index is 420. The van der Waals surface area contributed by atoms with E-state index in [1.807, 2.05) is 20.8 Å². The number of ether oxygens (including phenoxy) is 1. The number of amides is 1. The highest BCUT2D eigenvalue weighted by molar-refractivity contribution is 7.86. The van der Waals surface area contributed by atoms with Crippen molar-refractivity contribution < 1.29 is 22.5 Å². The van der Waals surface area contributed by atoms with E-state index in [-0.39, 0.29) is 18.4 Å². The Morgan fingerprint density at radius 2 is 1.70 bits per heavy atom. The third-order valence-corrected chi connectivity index (χ3v) is 3.36. The number of hydrazine groups is 1. The Balaban J connectivity index is 4.40. The first kappa shape index (κ1) is 19.1. The quantitative estimate of drug-likeness (QED) is 0.527. The Hall–Kier alpha value is -0.860. The van der Waals surface area contributed by atoms with Crippen LogP contribution in [0.5, 0.6) is 0 Å². The minimum atomic E-state index is -4.19. The molecule has 0 aliphatic heterocycles. The van der Waals surface area contributed by atoms with E-state index < -0.39 is 27.1 Å². The number of rotatable bonds is 5. The maximum atomic E-state index is 11.4. The van der Waals surface area contributed by atoms with Gasteiger partial charge in [-0.3, -0.25) is 9.98 Å². The fourth-order valence-electron chi connectivity index (χ4n) is 1.51. The van der Waals surface area contributed by atoms with Crippen molar-refractivity contribution in [3.05, 3.63) is 0 Å². The standard InChI is InChI=1S/C12H26N2O5S/c1-11(2,3)7-9(20(16,17)18)8-13-14-10(15)19-12(4,5)6/h9,13H,7-8H2,1-6H3,(H,14,15)(H,16,17,18). The van der Waals surface area contributed by atoms with Crippen molar-refractivity contribution in [2.75, 3.05) is 6.54 Å². The third kappa shape index (κ3) is 9.99. The van der Waals surface area contributed by atoms with E-state index >= 15 is 0 Å². The number of nitrogens with one attached hydrogen (secondary N) is 2. The van der Waals surface area contributed by atoms with Gasteiger partial charge in [-0.1, -0.05) is 20.8 Å². The Kier molecular flexibility index (Phi) is 6.44. The van der Waals surface area contributed by atoms with Crippen molar-refractivity contribution in [3.63, 3.8) is 0 Å². The van der Waals surface area contributed by atoms with Crippen LogP contribution in [0.15, 0.2) is 0 Å². The van der Waals surface area contributed by atoms with Crippen molar-refractivity contribution in [2.24, 2.45) is 5.41 Å². The zero-order valence-electron chi connectivity index (χ0n) is 13.0. The van der Waals surface area contributed by atoms with Crippen LogP contribution in [0.25, 0.3) is 0 Å². The van der Waals surface area contributed by atoms with Crippen LogP contribution in [0.2, 0.25) is 0 Å². The topological polar surface area (TPSA) is 105 Å². The summed E-state index contributed by atoms with van der Waals surface area (Å²) in [6.45, 7) is 10.6. The normalized spacial score (nSPS) is 14.8. The van der Waals surface area contributed by atoms with E-state index in [0.717, 1.165) is 0 Å². The molecule has 3 N–H and O–H groups in total. The maximum absolute atomic E-state index is 11.4. The summed E-state index contributed by atoms with van der Waals surface area (Å²) in [7, 11) is -4.19. The van der Waals surface area contributed by atoms with Crippen LogP contribution in [0.4, 0.5) is 4.79 Å². The predicted molar refractivity (Wildman–Crippen MR) is 76.8 cm³/mol. The highest BCUT2D eigenvalue weighted by atomic mass is 32.2. The van der Waals surface area contributed by atoms with Gasteiger partial charge in [0.15, 0.2) is 0 Å². The largest absolute Gasteiger partial charge is 0.443 e. The molecule has 120 valence electrons. The van der Waals surface area contributed by atoms with Gasteiger partial charge in [0.05, 0.1) is 0 Å². The highest BCUT2D eigenvalue weighted by Gasteiger charge is 2.28. The lowest BCUT2D eigenvalue weighted by molar-refractivity contribution is 0.0497. The summed E-state index contributed by atoms with van der Waals surface area (Å²) in [6, 6.07) is 0. The van der Waals surface area contributed by atoms with Gasteiger partial charge in [-0.2, -0.15) is 8.42 Å². The molecule has 8 heteroatoms. The van der Waals surface area contributed by atoms with Gasteiger partial charge in [-0.05, 0) is 32.6 Å². The van der Waals surface area contributed by atoms with Crippen LogP contribution in [0.3, 0.4) is 0 Å². The lowest BCUT2D eigenvalue weighted by atomic mass is 9.90. The first-order valence-electron chi connectivity index (χ1n) is 6.39. The van der Waals surface area contributed by atoms with Crippen molar-refractivity contribution >= 4 is 16.2 Å². The van der Waals surface area contributed by atoms with E-state index in [0.29, 0.717) is 0 Å². The monoisotopic (exact) mass is 310 g/mol. The summed E-state index contributed by atoms with van der Waals surface area (Å²) in [4.78, 5) is 11.4. The summed E-state index contributed by atoms with van der Waals surface area (Å²) < 4.78 is 36.7. The zero-order valence-corrected chi connectivity index (χ0v) is 13.8.